The molecule has 0 fully saturated rings. The number of nitrogens with zero attached hydrogens (tertiary/aromatic N) is 4. The Morgan fingerprint density at radius 3 is 2.04 bits per heavy atom. The van der Waals surface area contributed by atoms with E-state index in [1.165, 1.54) is 0 Å². The van der Waals surface area contributed by atoms with Crippen molar-refractivity contribution < 1.29 is 26.3 Å². The van der Waals surface area contributed by atoms with Crippen LogP contribution in [0.15, 0.2) is 174 Å². The van der Waals surface area contributed by atoms with E-state index in [0.29, 0.717) is 22.3 Å². The van der Waals surface area contributed by atoms with Gasteiger partial charge in [0.2, 0.25) is 0 Å². The minimum absolute atomic E-state index is 0.0725. The first-order valence-corrected chi connectivity index (χ1v) is 15.4. The zero-order valence-electron chi connectivity index (χ0n) is 41.6. The number of hydrogen-bond donors (Lipinski definition) is 0. The first-order chi connectivity index (χ1) is 31.4. The molecule has 0 spiro atoms. The average molecular weight is 657 g/mol. The quantitative estimate of drug-likeness (QED) is 0.185. The van der Waals surface area contributed by atoms with Crippen LogP contribution in [0.5, 0.6) is 0 Å². The summed E-state index contributed by atoms with van der Waals surface area (Å²) >= 11 is 0. The van der Waals surface area contributed by atoms with E-state index >= 15 is 0 Å². The summed E-state index contributed by atoms with van der Waals surface area (Å²) in [5.41, 5.74) is -1.06. The Morgan fingerprint density at radius 1 is 0.480 bits per heavy atom. The van der Waals surface area contributed by atoms with Gasteiger partial charge in [-0.3, -0.25) is 0 Å². The Kier molecular flexibility index (Phi) is 3.76. The van der Waals surface area contributed by atoms with Crippen molar-refractivity contribution in [3.8, 4) is 51.0 Å². The van der Waals surface area contributed by atoms with Crippen LogP contribution >= 0.6 is 0 Å². The topological polar surface area (TPSA) is 56.7 Å². The summed E-state index contributed by atoms with van der Waals surface area (Å²) < 4.78 is 151. The van der Waals surface area contributed by atoms with Crippen LogP contribution in [0.4, 0.5) is 0 Å². The monoisotopic (exact) mass is 656 g/mol. The van der Waals surface area contributed by atoms with Crippen LogP contribution in [0.2, 0.25) is 0 Å². The van der Waals surface area contributed by atoms with Crippen LogP contribution in [-0.2, 0) is 0 Å². The SMILES string of the molecule is [2H]c1c([2H])c([2H])c(-n2c3c([2H])c([2H])c([2H])c([2H])c3c3c([2H])c([2H])c([2H])c(-c4c([2H])c([2H])c([2H])c(-c5nc(-c6ccccc6)nc(-c6ccc7c(c6)oc6ccccc67)n5)c4[2H])c32)c([2H])c1[2H]. The van der Waals surface area contributed by atoms with Crippen LogP contribution in [0.25, 0.3) is 94.7 Å². The molecule has 10 aromatic rings. The van der Waals surface area contributed by atoms with Crippen LogP contribution in [0.3, 0.4) is 0 Å². The van der Waals surface area contributed by atoms with Gasteiger partial charge in [-0.15, -0.1) is 0 Å². The summed E-state index contributed by atoms with van der Waals surface area (Å²) in [5, 5.41) is 0.879. The Labute approximate surface area is 310 Å². The predicted molar refractivity (Wildman–Crippen MR) is 203 cm³/mol. The number of fused-ring (bicyclic) bond motifs is 6. The lowest BCUT2D eigenvalue weighted by Crippen LogP contribution is -2.00. The van der Waals surface area contributed by atoms with E-state index in [1.807, 2.05) is 30.3 Å². The minimum atomic E-state index is -0.835. The molecule has 5 nitrogen and oxygen atoms in total. The van der Waals surface area contributed by atoms with Gasteiger partial charge in [0.1, 0.15) is 11.2 Å². The molecule has 10 rings (SSSR count). The van der Waals surface area contributed by atoms with Gasteiger partial charge in [-0.1, -0.05) is 127 Å². The fraction of sp³-hybridized carbons (Fsp3) is 0. The summed E-state index contributed by atoms with van der Waals surface area (Å²) in [4.78, 5) is 14.2. The standard InChI is InChI=1S/C45H28N4O/c1-3-13-29(14-4-1)43-46-44(48-45(47-43)32-25-26-37-36-20-8-10-24-40(36)50-41(37)28-32)31-16-11-15-30(27-31)34-21-12-22-38-35-19-7-9-23-39(35)49(42(34)38)33-17-5-2-6-18-33/h1-28H/i2D,5D,6D,7D,9D,11D,12D,15D,16D,17D,18D,19D,21D,22D,23D,27D. The third-order valence-corrected chi connectivity index (χ3v) is 8.33. The van der Waals surface area contributed by atoms with Gasteiger partial charge in [0.15, 0.2) is 17.5 Å². The number of rotatable bonds is 5. The first kappa shape index (κ1) is 16.5. The molecule has 0 saturated heterocycles. The van der Waals surface area contributed by atoms with Crippen molar-refractivity contribution in [3.63, 3.8) is 0 Å². The predicted octanol–water partition coefficient (Wildman–Crippen LogP) is 11.5. The van der Waals surface area contributed by atoms with Gasteiger partial charge in [-0.05, 0) is 47.9 Å². The van der Waals surface area contributed by atoms with Crippen LogP contribution in [-0.4, -0.2) is 19.5 Å². The van der Waals surface area contributed by atoms with Crippen molar-refractivity contribution in [1.82, 2.24) is 19.5 Å². The molecule has 0 saturated carbocycles. The number of hydrogen-bond acceptors (Lipinski definition) is 4. The van der Waals surface area contributed by atoms with Crippen molar-refractivity contribution >= 4 is 43.7 Å². The van der Waals surface area contributed by atoms with E-state index in [4.69, 9.17) is 30.8 Å². The highest BCUT2D eigenvalue weighted by Gasteiger charge is 2.18. The fourth-order valence-electron chi connectivity index (χ4n) is 6.11. The summed E-state index contributed by atoms with van der Waals surface area (Å²) in [6.45, 7) is 0. The molecule has 3 aromatic heterocycles. The third kappa shape index (κ3) is 4.60. The highest BCUT2D eigenvalue weighted by atomic mass is 16.3. The minimum Gasteiger partial charge on any atom is -0.456 e. The maximum atomic E-state index is 9.83. The molecule has 7 aromatic carbocycles. The highest BCUT2D eigenvalue weighted by molar-refractivity contribution is 6.14. The molecule has 234 valence electrons. The number of furan rings is 1. The zero-order chi connectivity index (χ0) is 46.9. The van der Waals surface area contributed by atoms with Gasteiger partial charge in [-0.2, -0.15) is 0 Å². The average Bonchev–Trinajstić information content (AvgIpc) is 3.87. The maximum absolute atomic E-state index is 9.83. The van der Waals surface area contributed by atoms with Crippen molar-refractivity contribution in [1.29, 1.82) is 0 Å². The smallest absolute Gasteiger partial charge is 0.164 e. The van der Waals surface area contributed by atoms with Crippen molar-refractivity contribution in [3.05, 3.63) is 169 Å². The summed E-state index contributed by atoms with van der Waals surface area (Å²) in [6, 6.07) is 9.07. The van der Waals surface area contributed by atoms with E-state index in [0.717, 1.165) is 15.3 Å². The van der Waals surface area contributed by atoms with E-state index in [1.54, 1.807) is 42.5 Å². The largest absolute Gasteiger partial charge is 0.456 e. The normalized spacial score (nSPS) is 16.1. The third-order valence-electron chi connectivity index (χ3n) is 8.33. The lowest BCUT2D eigenvalue weighted by atomic mass is 9.99. The van der Waals surface area contributed by atoms with Gasteiger partial charge < -0.3 is 8.98 Å². The molecule has 0 bridgehead atoms. The summed E-state index contributed by atoms with van der Waals surface area (Å²) in [5.74, 6) is -0.129. The molecular weight excluding hydrogens is 613 g/mol. The van der Waals surface area contributed by atoms with Crippen LogP contribution in [0.1, 0.15) is 21.9 Å². The molecule has 5 heteroatoms. The lowest BCUT2D eigenvalue weighted by molar-refractivity contribution is 0.669. The van der Waals surface area contributed by atoms with E-state index in [9.17, 15) is 5.48 Å². The van der Waals surface area contributed by atoms with Gasteiger partial charge in [0, 0.05) is 49.5 Å². The van der Waals surface area contributed by atoms with Crippen molar-refractivity contribution in [2.45, 2.75) is 0 Å². The second-order valence-electron chi connectivity index (χ2n) is 11.2. The van der Waals surface area contributed by atoms with Crippen molar-refractivity contribution in [2.24, 2.45) is 0 Å². The molecule has 0 amide bonds. The summed E-state index contributed by atoms with van der Waals surface area (Å²) in [6.07, 6.45) is 0. The van der Waals surface area contributed by atoms with E-state index in [-0.39, 0.29) is 17.5 Å². The lowest BCUT2D eigenvalue weighted by Gasteiger charge is -2.13. The van der Waals surface area contributed by atoms with E-state index < -0.39 is 141 Å². The molecule has 0 atom stereocenters. The molecule has 3 heterocycles. The molecule has 0 radical (unpaired) electrons. The second kappa shape index (κ2) is 11.4. The molecule has 0 N–H and O–H groups in total. The maximum Gasteiger partial charge on any atom is 0.164 e. The molecule has 0 unspecified atom stereocenters. The Balaban J connectivity index is 1.35. The Bertz CT molecular complexity index is 3770. The van der Waals surface area contributed by atoms with Gasteiger partial charge in [0.05, 0.1) is 33.0 Å². The van der Waals surface area contributed by atoms with E-state index in [2.05, 4.69) is 4.98 Å². The second-order valence-corrected chi connectivity index (χ2v) is 11.2. The van der Waals surface area contributed by atoms with Crippen LogP contribution < -0.4 is 0 Å². The zero-order valence-corrected chi connectivity index (χ0v) is 25.6. The number of para-hydroxylation sites is 4. The van der Waals surface area contributed by atoms with Gasteiger partial charge in [-0.25, -0.2) is 15.0 Å². The fourth-order valence-corrected chi connectivity index (χ4v) is 6.11. The van der Waals surface area contributed by atoms with Gasteiger partial charge >= 0.3 is 0 Å². The molecule has 0 aliphatic rings. The first-order valence-electron chi connectivity index (χ1n) is 23.4. The number of benzene rings is 7. The Morgan fingerprint density at radius 2 is 1.16 bits per heavy atom. The number of aromatic nitrogens is 4. The molecular formula is C45H28N4O. The summed E-state index contributed by atoms with van der Waals surface area (Å²) in [7, 11) is 0. The molecule has 50 heavy (non-hydrogen) atoms. The highest BCUT2D eigenvalue weighted by Crippen LogP contribution is 2.39. The van der Waals surface area contributed by atoms with Crippen LogP contribution in [0, 0.1) is 0 Å². The van der Waals surface area contributed by atoms with Crippen molar-refractivity contribution in [2.75, 3.05) is 0 Å². The Hall–Kier alpha value is -6.85. The van der Waals surface area contributed by atoms with Gasteiger partial charge in [0.25, 0.3) is 0 Å². The molecule has 0 aliphatic carbocycles. The molecule has 0 aliphatic heterocycles.